The normalized spacial score (nSPS) is 10.5. The quantitative estimate of drug-likeness (QED) is 0.893. The first-order valence-electron chi connectivity index (χ1n) is 5.45. The maximum atomic E-state index is 12.2. The van der Waals surface area contributed by atoms with E-state index < -0.39 is 0 Å². The molecule has 0 bridgehead atoms. The van der Waals surface area contributed by atoms with Crippen LogP contribution < -0.4 is 0 Å². The van der Waals surface area contributed by atoms with Crippen LogP contribution in [0.2, 0.25) is 4.34 Å². The van der Waals surface area contributed by atoms with E-state index in [9.17, 15) is 9.90 Å². The lowest BCUT2D eigenvalue weighted by atomic mass is 10.2. The van der Waals surface area contributed by atoms with E-state index in [1.807, 2.05) is 6.07 Å². The summed E-state index contributed by atoms with van der Waals surface area (Å²) in [6.07, 6.45) is 0. The van der Waals surface area contributed by atoms with Gasteiger partial charge in [-0.2, -0.15) is 0 Å². The summed E-state index contributed by atoms with van der Waals surface area (Å²) in [7, 11) is 1.69. The molecule has 100 valence electrons. The molecule has 19 heavy (non-hydrogen) atoms. The topological polar surface area (TPSA) is 40.5 Å². The van der Waals surface area contributed by atoms with Crippen LogP contribution in [0.3, 0.4) is 0 Å². The van der Waals surface area contributed by atoms with Crippen molar-refractivity contribution in [3.05, 3.63) is 49.6 Å². The summed E-state index contributed by atoms with van der Waals surface area (Å²) >= 11 is 10.6. The van der Waals surface area contributed by atoms with Gasteiger partial charge in [-0.1, -0.05) is 27.5 Å². The molecule has 0 aliphatic heterocycles. The molecule has 1 N–H and O–H groups in total. The SMILES string of the molecule is CN(Cc1ccc(Cl)s1)C(=O)c1cc(Br)ccc1O. The number of halogens is 2. The number of benzene rings is 1. The Hall–Kier alpha value is -1.04. The van der Waals surface area contributed by atoms with Crippen molar-refractivity contribution < 1.29 is 9.90 Å². The molecule has 1 heterocycles. The summed E-state index contributed by atoms with van der Waals surface area (Å²) in [5.74, 6) is -0.257. The molecule has 0 unspecified atom stereocenters. The minimum absolute atomic E-state index is 0.0238. The van der Waals surface area contributed by atoms with Crippen molar-refractivity contribution in [2.45, 2.75) is 6.54 Å². The van der Waals surface area contributed by atoms with Crippen molar-refractivity contribution in [2.24, 2.45) is 0 Å². The van der Waals surface area contributed by atoms with Crippen LogP contribution in [0.25, 0.3) is 0 Å². The number of carbonyl (C=O) groups excluding carboxylic acids is 1. The second-order valence-electron chi connectivity index (χ2n) is 4.03. The van der Waals surface area contributed by atoms with Gasteiger partial charge in [0.2, 0.25) is 0 Å². The van der Waals surface area contributed by atoms with Gasteiger partial charge in [0.1, 0.15) is 5.75 Å². The third-order valence-electron chi connectivity index (χ3n) is 2.56. The van der Waals surface area contributed by atoms with Gasteiger partial charge in [0.05, 0.1) is 16.4 Å². The molecule has 0 saturated carbocycles. The molecule has 1 aromatic heterocycles. The molecule has 6 heteroatoms. The molecule has 3 nitrogen and oxygen atoms in total. The first-order chi connectivity index (χ1) is 8.97. The van der Waals surface area contributed by atoms with Crippen LogP contribution in [0.5, 0.6) is 5.75 Å². The van der Waals surface area contributed by atoms with Gasteiger partial charge in [0, 0.05) is 16.4 Å². The fraction of sp³-hybridized carbons (Fsp3) is 0.154. The van der Waals surface area contributed by atoms with Crippen LogP contribution in [0.1, 0.15) is 15.2 Å². The Labute approximate surface area is 128 Å². The van der Waals surface area contributed by atoms with Crippen molar-refractivity contribution in [3.8, 4) is 5.75 Å². The number of phenolic OH excluding ortho intramolecular Hbond substituents is 1. The van der Waals surface area contributed by atoms with E-state index in [4.69, 9.17) is 11.6 Å². The largest absolute Gasteiger partial charge is 0.507 e. The van der Waals surface area contributed by atoms with E-state index in [-0.39, 0.29) is 17.2 Å². The fourth-order valence-corrected chi connectivity index (χ4v) is 3.13. The Balaban J connectivity index is 2.16. The zero-order valence-electron chi connectivity index (χ0n) is 10.1. The molecule has 0 aliphatic carbocycles. The maximum Gasteiger partial charge on any atom is 0.257 e. The van der Waals surface area contributed by atoms with Gasteiger partial charge >= 0.3 is 0 Å². The monoisotopic (exact) mass is 359 g/mol. The number of phenols is 1. The molecule has 0 fully saturated rings. The van der Waals surface area contributed by atoms with Crippen molar-refractivity contribution in [2.75, 3.05) is 7.05 Å². The number of nitrogens with zero attached hydrogens (tertiary/aromatic N) is 1. The Morgan fingerprint density at radius 3 is 2.79 bits per heavy atom. The number of aromatic hydroxyl groups is 1. The Bertz CT molecular complexity index is 614. The van der Waals surface area contributed by atoms with Gasteiger partial charge in [-0.3, -0.25) is 4.79 Å². The molecule has 1 amide bonds. The standard InChI is InChI=1S/C13H11BrClNO2S/c1-16(7-9-3-5-12(15)19-9)13(18)10-6-8(14)2-4-11(10)17/h2-6,17H,7H2,1H3. The maximum absolute atomic E-state index is 12.2. The predicted molar refractivity (Wildman–Crippen MR) is 80.9 cm³/mol. The summed E-state index contributed by atoms with van der Waals surface area (Å²) in [5.41, 5.74) is 0.277. The van der Waals surface area contributed by atoms with Gasteiger partial charge < -0.3 is 10.0 Å². The lowest BCUT2D eigenvalue weighted by Crippen LogP contribution is -2.25. The van der Waals surface area contributed by atoms with Crippen molar-refractivity contribution in [1.29, 1.82) is 0 Å². The van der Waals surface area contributed by atoms with Crippen LogP contribution >= 0.6 is 38.9 Å². The number of amides is 1. The smallest absolute Gasteiger partial charge is 0.257 e. The first kappa shape index (κ1) is 14.4. The Morgan fingerprint density at radius 1 is 1.42 bits per heavy atom. The molecular weight excluding hydrogens is 350 g/mol. The Morgan fingerprint density at radius 2 is 2.16 bits per heavy atom. The molecule has 1 aromatic carbocycles. The second kappa shape index (κ2) is 5.94. The van der Waals surface area contributed by atoms with E-state index in [2.05, 4.69) is 15.9 Å². The number of thiophene rings is 1. The van der Waals surface area contributed by atoms with Crippen LogP contribution in [-0.4, -0.2) is 23.0 Å². The van der Waals surface area contributed by atoms with E-state index in [1.54, 1.807) is 30.1 Å². The average Bonchev–Trinajstić information content (AvgIpc) is 2.77. The predicted octanol–water partition coefficient (Wildman–Crippen LogP) is 4.14. The molecule has 2 aromatic rings. The number of carbonyl (C=O) groups is 1. The third-order valence-corrected chi connectivity index (χ3v) is 4.27. The highest BCUT2D eigenvalue weighted by Crippen LogP contribution is 2.25. The highest BCUT2D eigenvalue weighted by molar-refractivity contribution is 9.10. The minimum Gasteiger partial charge on any atom is -0.507 e. The molecule has 0 radical (unpaired) electrons. The third kappa shape index (κ3) is 3.49. The van der Waals surface area contributed by atoms with Gasteiger partial charge in [-0.25, -0.2) is 0 Å². The van der Waals surface area contributed by atoms with E-state index in [0.29, 0.717) is 10.9 Å². The number of rotatable bonds is 3. The Kier molecular flexibility index (Phi) is 4.50. The second-order valence-corrected chi connectivity index (χ2v) is 6.74. The summed E-state index contributed by atoms with van der Waals surface area (Å²) in [5, 5.41) is 9.74. The number of hydrogen-bond donors (Lipinski definition) is 1. The lowest BCUT2D eigenvalue weighted by Gasteiger charge is -2.17. The molecule has 0 aliphatic rings. The van der Waals surface area contributed by atoms with Crippen LogP contribution in [0.15, 0.2) is 34.8 Å². The summed E-state index contributed by atoms with van der Waals surface area (Å²) < 4.78 is 1.45. The molecule has 2 rings (SSSR count). The van der Waals surface area contributed by atoms with Crippen molar-refractivity contribution in [3.63, 3.8) is 0 Å². The van der Waals surface area contributed by atoms with E-state index in [0.717, 1.165) is 9.35 Å². The van der Waals surface area contributed by atoms with Gasteiger partial charge in [0.25, 0.3) is 5.91 Å². The van der Waals surface area contributed by atoms with Crippen LogP contribution in [-0.2, 0) is 6.54 Å². The average molecular weight is 361 g/mol. The lowest BCUT2D eigenvalue weighted by molar-refractivity contribution is 0.0783. The van der Waals surface area contributed by atoms with E-state index in [1.165, 1.54) is 17.4 Å². The summed E-state index contributed by atoms with van der Waals surface area (Å²) in [6, 6.07) is 8.47. The molecule has 0 atom stereocenters. The van der Waals surface area contributed by atoms with Gasteiger partial charge in [-0.05, 0) is 30.3 Å². The summed E-state index contributed by atoms with van der Waals surface area (Å²) in [6.45, 7) is 0.460. The van der Waals surface area contributed by atoms with E-state index >= 15 is 0 Å². The van der Waals surface area contributed by atoms with Gasteiger partial charge in [-0.15, -0.1) is 11.3 Å². The van der Waals surface area contributed by atoms with Crippen molar-refractivity contribution >= 4 is 44.8 Å². The molecule has 0 spiro atoms. The zero-order valence-corrected chi connectivity index (χ0v) is 13.2. The number of hydrogen-bond acceptors (Lipinski definition) is 3. The molecular formula is C13H11BrClNO2S. The summed E-state index contributed by atoms with van der Waals surface area (Å²) in [4.78, 5) is 14.8. The fourth-order valence-electron chi connectivity index (χ4n) is 1.63. The zero-order chi connectivity index (χ0) is 14.0. The van der Waals surface area contributed by atoms with Crippen LogP contribution in [0.4, 0.5) is 0 Å². The van der Waals surface area contributed by atoms with Gasteiger partial charge in [0.15, 0.2) is 0 Å². The highest BCUT2D eigenvalue weighted by atomic mass is 79.9. The molecule has 0 saturated heterocycles. The first-order valence-corrected chi connectivity index (χ1v) is 7.44. The highest BCUT2D eigenvalue weighted by Gasteiger charge is 2.17. The van der Waals surface area contributed by atoms with Crippen molar-refractivity contribution in [1.82, 2.24) is 4.90 Å². The minimum atomic E-state index is -0.233. The van der Waals surface area contributed by atoms with Crippen LogP contribution in [0, 0.1) is 0 Å².